The first-order valence-electron chi connectivity index (χ1n) is 13.5. The molecule has 0 radical (unpaired) electrons. The van der Waals surface area contributed by atoms with Crippen molar-refractivity contribution in [3.8, 4) is 0 Å². The lowest BCUT2D eigenvalue weighted by molar-refractivity contribution is -0.145. The van der Waals surface area contributed by atoms with E-state index >= 15 is 0 Å². The molecule has 2 aromatic rings. The first-order valence-corrected chi connectivity index (χ1v) is 13.5. The summed E-state index contributed by atoms with van der Waals surface area (Å²) in [5.74, 6) is 1.05. The van der Waals surface area contributed by atoms with Crippen molar-refractivity contribution in [2.24, 2.45) is 34.5 Å². The van der Waals surface area contributed by atoms with Gasteiger partial charge in [-0.15, -0.1) is 0 Å². The number of likely N-dealkylation sites (N-methyl/N-ethyl adjacent to an activating group) is 1. The Kier molecular flexibility index (Phi) is 5.36. The number of hydrogen-bond acceptors (Lipinski definition) is 3. The van der Waals surface area contributed by atoms with Crippen molar-refractivity contribution in [1.82, 2.24) is 20.2 Å². The zero-order valence-electron chi connectivity index (χ0n) is 21.7. The Hall–Kier alpha value is -2.70. The number of fused-ring (bicyclic) bond motifs is 6. The van der Waals surface area contributed by atoms with Gasteiger partial charge in [0.2, 0.25) is 5.91 Å². The minimum atomic E-state index is -0.603. The van der Waals surface area contributed by atoms with Crippen molar-refractivity contribution in [2.45, 2.75) is 71.4 Å². The van der Waals surface area contributed by atoms with E-state index in [4.69, 9.17) is 0 Å². The highest BCUT2D eigenvalue weighted by Gasteiger charge is 2.62. The van der Waals surface area contributed by atoms with E-state index in [1.165, 1.54) is 0 Å². The van der Waals surface area contributed by atoms with Gasteiger partial charge in [0.1, 0.15) is 5.82 Å². The fourth-order valence-electron chi connectivity index (χ4n) is 8.82. The van der Waals surface area contributed by atoms with Crippen molar-refractivity contribution < 1.29 is 14.0 Å². The molecule has 0 spiro atoms. The number of para-hydroxylation sites is 2. The molecule has 4 aliphatic rings. The van der Waals surface area contributed by atoms with Gasteiger partial charge in [-0.25, -0.2) is 9.37 Å². The van der Waals surface area contributed by atoms with Crippen LogP contribution in [-0.4, -0.2) is 39.8 Å². The Morgan fingerprint density at radius 2 is 1.94 bits per heavy atom. The SMILES string of the molecule is CC(NC(=O)[C@H]1CC[C@H]2[C@@H]3CC[C@H]4N(C)C(=O)C(F)=C[C@]4(C)[C@H]3CC[C@]12C)c1nc2ccccc2[nH]1. The van der Waals surface area contributed by atoms with Gasteiger partial charge in [-0.3, -0.25) is 9.59 Å². The zero-order chi connectivity index (χ0) is 25.4. The molecule has 6 nitrogen and oxygen atoms in total. The van der Waals surface area contributed by atoms with E-state index in [-0.39, 0.29) is 34.7 Å². The van der Waals surface area contributed by atoms with Gasteiger partial charge >= 0.3 is 0 Å². The molecule has 2 N–H and O–H groups in total. The average Bonchev–Trinajstić information content (AvgIpc) is 3.43. The molecule has 192 valence electrons. The van der Waals surface area contributed by atoms with Gasteiger partial charge in [0, 0.05) is 24.4 Å². The zero-order valence-corrected chi connectivity index (χ0v) is 21.7. The molecule has 36 heavy (non-hydrogen) atoms. The lowest BCUT2D eigenvalue weighted by Gasteiger charge is -2.60. The number of carbonyl (C=O) groups is 2. The van der Waals surface area contributed by atoms with E-state index in [1.54, 1.807) is 18.0 Å². The van der Waals surface area contributed by atoms with Gasteiger partial charge in [0.25, 0.3) is 5.91 Å². The monoisotopic (exact) mass is 492 g/mol. The molecule has 0 bridgehead atoms. The quantitative estimate of drug-likeness (QED) is 0.611. The summed E-state index contributed by atoms with van der Waals surface area (Å²) < 4.78 is 14.7. The van der Waals surface area contributed by atoms with Gasteiger partial charge < -0.3 is 15.2 Å². The van der Waals surface area contributed by atoms with Crippen LogP contribution >= 0.6 is 0 Å². The second kappa shape index (κ2) is 8.15. The highest BCUT2D eigenvalue weighted by atomic mass is 19.1. The molecule has 2 heterocycles. The van der Waals surface area contributed by atoms with Crippen molar-refractivity contribution in [1.29, 1.82) is 0 Å². The highest BCUT2D eigenvalue weighted by molar-refractivity contribution is 5.92. The highest BCUT2D eigenvalue weighted by Crippen LogP contribution is 2.65. The van der Waals surface area contributed by atoms with Gasteiger partial charge in [-0.2, -0.15) is 0 Å². The minimum absolute atomic E-state index is 0.0244. The number of nitrogens with zero attached hydrogens (tertiary/aromatic N) is 2. The van der Waals surface area contributed by atoms with Crippen molar-refractivity contribution in [2.75, 3.05) is 7.05 Å². The maximum absolute atomic E-state index is 14.7. The second-order valence-electron chi connectivity index (χ2n) is 12.3. The smallest absolute Gasteiger partial charge is 0.282 e. The summed E-state index contributed by atoms with van der Waals surface area (Å²) in [6, 6.07) is 7.78. The summed E-state index contributed by atoms with van der Waals surface area (Å²) in [4.78, 5) is 35.6. The summed E-state index contributed by atoms with van der Waals surface area (Å²) in [5.41, 5.74) is 1.49. The van der Waals surface area contributed by atoms with Gasteiger partial charge in [0.15, 0.2) is 5.83 Å². The molecular formula is C29H37FN4O2. The van der Waals surface area contributed by atoms with E-state index in [0.29, 0.717) is 17.8 Å². The van der Waals surface area contributed by atoms with Crippen LogP contribution in [0.15, 0.2) is 36.2 Å². The molecule has 1 aromatic heterocycles. The van der Waals surface area contributed by atoms with Gasteiger partial charge in [-0.05, 0) is 86.8 Å². The Bertz CT molecular complexity index is 1220. The molecular weight excluding hydrogens is 455 g/mol. The van der Waals surface area contributed by atoms with Crippen LogP contribution in [0.5, 0.6) is 0 Å². The van der Waals surface area contributed by atoms with Crippen LogP contribution in [0.25, 0.3) is 11.0 Å². The molecule has 3 aliphatic carbocycles. The third kappa shape index (κ3) is 3.30. The van der Waals surface area contributed by atoms with E-state index in [0.717, 1.165) is 55.4 Å². The van der Waals surface area contributed by atoms with E-state index in [2.05, 4.69) is 29.1 Å². The molecule has 1 aliphatic heterocycles. The number of imidazole rings is 1. The van der Waals surface area contributed by atoms with Crippen molar-refractivity contribution in [3.63, 3.8) is 0 Å². The van der Waals surface area contributed by atoms with Crippen LogP contribution in [-0.2, 0) is 9.59 Å². The molecule has 1 unspecified atom stereocenters. The lowest BCUT2D eigenvalue weighted by atomic mass is 9.47. The number of nitrogens with one attached hydrogen (secondary N) is 2. The molecule has 6 rings (SSSR count). The number of halogens is 1. The molecule has 1 aromatic carbocycles. The summed E-state index contributed by atoms with van der Waals surface area (Å²) in [7, 11) is 1.75. The van der Waals surface area contributed by atoms with Crippen LogP contribution in [0.4, 0.5) is 4.39 Å². The number of aromatic nitrogens is 2. The molecule has 3 saturated carbocycles. The normalized spacial score (nSPS) is 38.7. The number of amides is 2. The van der Waals surface area contributed by atoms with Gasteiger partial charge in [-0.1, -0.05) is 26.0 Å². The molecule has 7 heteroatoms. The summed E-state index contributed by atoms with van der Waals surface area (Å²) in [6.45, 7) is 6.47. The number of rotatable bonds is 3. The van der Waals surface area contributed by atoms with Crippen LogP contribution < -0.4 is 5.32 Å². The third-order valence-corrected chi connectivity index (χ3v) is 10.7. The fourth-order valence-corrected chi connectivity index (χ4v) is 8.82. The molecule has 2 amide bonds. The fraction of sp³-hybridized carbons (Fsp3) is 0.621. The van der Waals surface area contributed by atoms with E-state index in [9.17, 15) is 14.0 Å². The van der Waals surface area contributed by atoms with Crippen molar-refractivity contribution in [3.05, 3.63) is 42.0 Å². The Labute approximate surface area is 212 Å². The number of aromatic amines is 1. The van der Waals surface area contributed by atoms with Crippen LogP contribution in [0.1, 0.15) is 71.2 Å². The largest absolute Gasteiger partial charge is 0.346 e. The first-order chi connectivity index (χ1) is 17.1. The Morgan fingerprint density at radius 1 is 1.17 bits per heavy atom. The minimum Gasteiger partial charge on any atom is -0.346 e. The number of H-pyrrole nitrogens is 1. The second-order valence-corrected chi connectivity index (χ2v) is 12.3. The summed E-state index contributed by atoms with van der Waals surface area (Å²) in [5, 5.41) is 3.26. The average molecular weight is 493 g/mol. The lowest BCUT2D eigenvalue weighted by Crippen LogP contribution is -2.60. The topological polar surface area (TPSA) is 78.1 Å². The summed E-state index contributed by atoms with van der Waals surface area (Å²) >= 11 is 0. The van der Waals surface area contributed by atoms with Crippen LogP contribution in [0.2, 0.25) is 0 Å². The standard InChI is InChI=1S/C29H37FN4O2/c1-16(25-32-22-7-5-6-8-23(22)33-25)31-26(35)20-11-10-18-17-9-12-24-29(3,15-21(30)27(36)34(24)4)19(17)13-14-28(18,20)2/h5-8,15-20,24H,9-14H2,1-4H3,(H,31,35)(H,32,33)/t16?,17-,18-,19-,20+,24+,28-,29+/m0/s1. The molecule has 3 fully saturated rings. The first kappa shape index (κ1) is 23.7. The predicted octanol–water partition coefficient (Wildman–Crippen LogP) is 5.29. The maximum atomic E-state index is 14.7. The van der Waals surface area contributed by atoms with Crippen LogP contribution in [0.3, 0.4) is 0 Å². The maximum Gasteiger partial charge on any atom is 0.282 e. The van der Waals surface area contributed by atoms with Crippen LogP contribution in [0, 0.1) is 34.5 Å². The van der Waals surface area contributed by atoms with E-state index < -0.39 is 11.7 Å². The Morgan fingerprint density at radius 3 is 2.72 bits per heavy atom. The Balaban J connectivity index is 1.21. The number of benzene rings is 1. The summed E-state index contributed by atoms with van der Waals surface area (Å²) in [6.07, 6.45) is 7.46. The predicted molar refractivity (Wildman–Crippen MR) is 136 cm³/mol. The number of hydrogen-bond donors (Lipinski definition) is 2. The molecule has 8 atom stereocenters. The van der Waals surface area contributed by atoms with E-state index in [1.807, 2.05) is 31.2 Å². The van der Waals surface area contributed by atoms with Gasteiger partial charge in [0.05, 0.1) is 17.1 Å². The van der Waals surface area contributed by atoms with Crippen molar-refractivity contribution >= 4 is 22.8 Å². The molecule has 0 saturated heterocycles. The number of carbonyl (C=O) groups excluding carboxylic acids is 2. The third-order valence-electron chi connectivity index (χ3n) is 10.7.